The van der Waals surface area contributed by atoms with Crippen LogP contribution in [0.3, 0.4) is 0 Å². The van der Waals surface area contributed by atoms with Gasteiger partial charge in [-0.05, 0) is 42.0 Å². The normalized spacial score (nSPS) is 17.0. The summed E-state index contributed by atoms with van der Waals surface area (Å²) in [7, 11) is 0. The molecule has 1 atom stereocenters. The molecule has 0 saturated carbocycles. The van der Waals surface area contributed by atoms with Crippen LogP contribution in [0.4, 0.5) is 0 Å². The molecule has 1 aliphatic heterocycles. The Bertz CT molecular complexity index is 555. The van der Waals surface area contributed by atoms with Crippen molar-refractivity contribution in [1.29, 1.82) is 0 Å². The van der Waals surface area contributed by atoms with Gasteiger partial charge in [0.25, 0.3) is 0 Å². The number of ether oxygens (including phenoxy) is 1. The first-order valence-corrected chi connectivity index (χ1v) is 6.88. The second kappa shape index (κ2) is 6.38. The smallest absolute Gasteiger partial charge is 0.311 e. The Morgan fingerprint density at radius 2 is 1.75 bits per heavy atom. The maximum Gasteiger partial charge on any atom is 0.311 e. The van der Waals surface area contributed by atoms with Gasteiger partial charge in [0.05, 0.1) is 6.42 Å². The van der Waals surface area contributed by atoms with Gasteiger partial charge >= 0.3 is 5.97 Å². The van der Waals surface area contributed by atoms with Crippen LogP contribution in [0.1, 0.15) is 35.4 Å². The molecule has 1 aromatic rings. The minimum Gasteiger partial charge on any atom is -0.426 e. The van der Waals surface area contributed by atoms with E-state index in [0.29, 0.717) is 12.2 Å². The second-order valence-electron chi connectivity index (χ2n) is 5.04. The zero-order valence-electron chi connectivity index (χ0n) is 11.7. The summed E-state index contributed by atoms with van der Waals surface area (Å²) in [6.45, 7) is 11.4. The van der Waals surface area contributed by atoms with Crippen molar-refractivity contribution in [3.8, 4) is 5.75 Å². The summed E-state index contributed by atoms with van der Waals surface area (Å²) >= 11 is 0. The lowest BCUT2D eigenvalue weighted by atomic mass is 9.86. The van der Waals surface area contributed by atoms with E-state index in [1.165, 1.54) is 5.56 Å². The van der Waals surface area contributed by atoms with Gasteiger partial charge in [0.1, 0.15) is 5.75 Å². The minimum absolute atomic E-state index is 0.162. The van der Waals surface area contributed by atoms with E-state index in [0.717, 1.165) is 30.4 Å². The summed E-state index contributed by atoms with van der Waals surface area (Å²) < 4.78 is 5.40. The Labute approximate surface area is 120 Å². The third kappa shape index (κ3) is 2.90. The zero-order valence-corrected chi connectivity index (χ0v) is 11.7. The third-order valence-electron chi connectivity index (χ3n) is 3.59. The fraction of sp³-hybridized carbons (Fsp3) is 0.278. The van der Waals surface area contributed by atoms with E-state index >= 15 is 0 Å². The molecular formula is C18H20O2. The van der Waals surface area contributed by atoms with Crippen molar-refractivity contribution in [2.45, 2.75) is 31.6 Å². The van der Waals surface area contributed by atoms with E-state index in [-0.39, 0.29) is 11.9 Å². The number of rotatable bonds is 6. The van der Waals surface area contributed by atoms with Crippen molar-refractivity contribution < 1.29 is 9.53 Å². The number of benzene rings is 1. The molecule has 1 aliphatic rings. The largest absolute Gasteiger partial charge is 0.426 e. The molecule has 0 radical (unpaired) electrons. The highest BCUT2D eigenvalue weighted by molar-refractivity contribution is 5.77. The maximum absolute atomic E-state index is 11.7. The highest BCUT2D eigenvalue weighted by Gasteiger charge is 2.27. The van der Waals surface area contributed by atoms with Crippen LogP contribution in [-0.2, 0) is 17.6 Å². The molecule has 0 aromatic heterocycles. The molecule has 2 nitrogen and oxygen atoms in total. The fourth-order valence-corrected chi connectivity index (χ4v) is 2.67. The average molecular weight is 268 g/mol. The summed E-state index contributed by atoms with van der Waals surface area (Å²) in [5, 5.41) is 0. The van der Waals surface area contributed by atoms with Crippen LogP contribution in [0.5, 0.6) is 5.75 Å². The number of esters is 1. The molecule has 0 N–H and O–H groups in total. The van der Waals surface area contributed by atoms with Crippen LogP contribution in [0, 0.1) is 0 Å². The van der Waals surface area contributed by atoms with E-state index in [9.17, 15) is 4.79 Å². The number of allylic oxidation sites excluding steroid dienone is 3. The molecule has 2 rings (SSSR count). The minimum atomic E-state index is -0.162. The monoisotopic (exact) mass is 268 g/mol. The lowest BCUT2D eigenvalue weighted by Gasteiger charge is -2.25. The van der Waals surface area contributed by atoms with Crippen molar-refractivity contribution in [1.82, 2.24) is 0 Å². The highest BCUT2D eigenvalue weighted by Crippen LogP contribution is 2.38. The number of carbonyl (C=O) groups is 1. The van der Waals surface area contributed by atoms with Crippen LogP contribution in [0.15, 0.2) is 50.1 Å². The van der Waals surface area contributed by atoms with Crippen LogP contribution in [0.25, 0.3) is 0 Å². The molecule has 0 amide bonds. The molecule has 0 spiro atoms. The van der Waals surface area contributed by atoms with Gasteiger partial charge in [-0.25, -0.2) is 0 Å². The van der Waals surface area contributed by atoms with Crippen molar-refractivity contribution in [3.63, 3.8) is 0 Å². The Kier molecular flexibility index (Phi) is 4.57. The lowest BCUT2D eigenvalue weighted by molar-refractivity contribution is -0.135. The molecule has 0 saturated heterocycles. The molecule has 0 aliphatic carbocycles. The fourth-order valence-electron chi connectivity index (χ4n) is 2.67. The van der Waals surface area contributed by atoms with E-state index in [1.807, 2.05) is 24.3 Å². The molecule has 1 heterocycles. The Morgan fingerprint density at radius 1 is 1.10 bits per heavy atom. The first kappa shape index (κ1) is 14.3. The lowest BCUT2D eigenvalue weighted by Crippen LogP contribution is -2.20. The summed E-state index contributed by atoms with van der Waals surface area (Å²) in [6.07, 6.45) is 8.40. The molecule has 20 heavy (non-hydrogen) atoms. The van der Waals surface area contributed by atoms with Gasteiger partial charge in [-0.2, -0.15) is 0 Å². The predicted molar refractivity (Wildman–Crippen MR) is 82.1 cm³/mol. The molecule has 0 bridgehead atoms. The summed E-state index contributed by atoms with van der Waals surface area (Å²) in [5.74, 6) is 0.702. The van der Waals surface area contributed by atoms with Crippen molar-refractivity contribution in [2.24, 2.45) is 0 Å². The standard InChI is InChI=1S/C18H20O2/c1-4-7-13-10-16-15(9-6-3)12-18(19)20-17(16)11-14(13)8-5-2/h4-6,10-11,15H,1-3,7-9,12H2. The third-order valence-corrected chi connectivity index (χ3v) is 3.59. The SMILES string of the molecule is C=CCc1cc2c(cc1CC=C)C(CC=C)CC(=O)O2. The van der Waals surface area contributed by atoms with Crippen LogP contribution >= 0.6 is 0 Å². The molecule has 1 aromatic carbocycles. The topological polar surface area (TPSA) is 26.3 Å². The van der Waals surface area contributed by atoms with Gasteiger partial charge in [0.2, 0.25) is 0 Å². The molecule has 104 valence electrons. The maximum atomic E-state index is 11.7. The molecule has 1 unspecified atom stereocenters. The number of hydrogen-bond donors (Lipinski definition) is 0. The van der Waals surface area contributed by atoms with Gasteiger partial charge < -0.3 is 4.74 Å². The quantitative estimate of drug-likeness (QED) is 0.441. The van der Waals surface area contributed by atoms with Crippen molar-refractivity contribution in [2.75, 3.05) is 0 Å². The number of fused-ring (bicyclic) bond motifs is 1. The van der Waals surface area contributed by atoms with E-state index in [1.54, 1.807) is 0 Å². The van der Waals surface area contributed by atoms with E-state index < -0.39 is 0 Å². The Hall–Kier alpha value is -2.09. The van der Waals surface area contributed by atoms with E-state index in [4.69, 9.17) is 4.74 Å². The average Bonchev–Trinajstić information content (AvgIpc) is 2.41. The van der Waals surface area contributed by atoms with Gasteiger partial charge in [0.15, 0.2) is 0 Å². The number of carbonyl (C=O) groups excluding carboxylic acids is 1. The molecular weight excluding hydrogens is 248 g/mol. The first-order valence-electron chi connectivity index (χ1n) is 6.88. The highest BCUT2D eigenvalue weighted by atomic mass is 16.5. The van der Waals surface area contributed by atoms with Crippen molar-refractivity contribution in [3.05, 3.63) is 66.8 Å². The van der Waals surface area contributed by atoms with Crippen molar-refractivity contribution >= 4 is 5.97 Å². The zero-order chi connectivity index (χ0) is 14.5. The molecule has 2 heteroatoms. The van der Waals surface area contributed by atoms with Crippen LogP contribution < -0.4 is 4.74 Å². The summed E-state index contributed by atoms with van der Waals surface area (Å²) in [5.41, 5.74) is 3.48. The summed E-state index contributed by atoms with van der Waals surface area (Å²) in [6, 6.07) is 4.12. The van der Waals surface area contributed by atoms with Gasteiger partial charge in [-0.15, -0.1) is 19.7 Å². The summed E-state index contributed by atoms with van der Waals surface area (Å²) in [4.78, 5) is 11.7. The molecule has 0 fully saturated rings. The van der Waals surface area contributed by atoms with Gasteiger partial charge in [0, 0.05) is 5.92 Å². The predicted octanol–water partition coefficient (Wildman–Crippen LogP) is 4.11. The van der Waals surface area contributed by atoms with E-state index in [2.05, 4.69) is 25.8 Å². The number of hydrogen-bond acceptors (Lipinski definition) is 2. The van der Waals surface area contributed by atoms with Gasteiger partial charge in [-0.1, -0.05) is 24.3 Å². The Balaban J connectivity index is 2.49. The first-order chi connectivity index (χ1) is 9.69. The van der Waals surface area contributed by atoms with Crippen LogP contribution in [0.2, 0.25) is 0 Å². The van der Waals surface area contributed by atoms with Crippen LogP contribution in [-0.4, -0.2) is 5.97 Å². The van der Waals surface area contributed by atoms with Gasteiger partial charge in [-0.3, -0.25) is 4.79 Å². The Morgan fingerprint density at radius 3 is 2.35 bits per heavy atom. The second-order valence-corrected chi connectivity index (χ2v) is 5.04.